The fraction of sp³-hybridized carbons (Fsp3) is 0.500. The third-order valence-electron chi connectivity index (χ3n) is 6.57. The van der Waals surface area contributed by atoms with Crippen molar-refractivity contribution < 1.29 is 41.0 Å². The number of benzene rings is 1. The molecule has 1 aromatic heterocycles. The molecule has 1 spiro atoms. The molecule has 2 fully saturated rings. The molecule has 1 N–H and O–H groups in total. The largest absolute Gasteiger partial charge is 0.490 e. The van der Waals surface area contributed by atoms with Crippen molar-refractivity contribution in [1.29, 1.82) is 0 Å². The minimum absolute atomic E-state index is 0.158. The van der Waals surface area contributed by atoms with Crippen molar-refractivity contribution in [3.8, 4) is 0 Å². The highest BCUT2D eigenvalue weighted by molar-refractivity contribution is 5.79. The lowest BCUT2D eigenvalue weighted by Gasteiger charge is -2.38. The molecular weight excluding hydrogens is 506 g/mol. The summed E-state index contributed by atoms with van der Waals surface area (Å²) in [6, 6.07) is 9.21. The lowest BCUT2D eigenvalue weighted by molar-refractivity contribution is -0.192. The minimum Gasteiger partial charge on any atom is -0.475 e. The predicted octanol–water partition coefficient (Wildman–Crippen LogP) is 4.99. The summed E-state index contributed by atoms with van der Waals surface area (Å²) in [5.74, 6) is -2.30. The summed E-state index contributed by atoms with van der Waals surface area (Å²) in [7, 11) is 0. The van der Waals surface area contributed by atoms with Crippen molar-refractivity contribution in [2.75, 3.05) is 18.0 Å². The van der Waals surface area contributed by atoms with Gasteiger partial charge in [-0.15, -0.1) is 0 Å². The van der Waals surface area contributed by atoms with Crippen LogP contribution in [0, 0.1) is 6.92 Å². The van der Waals surface area contributed by atoms with Gasteiger partial charge >= 0.3 is 18.3 Å². The summed E-state index contributed by atoms with van der Waals surface area (Å²) in [6.45, 7) is 3.78. The Morgan fingerprint density at radius 2 is 1.68 bits per heavy atom. The first-order valence-corrected chi connectivity index (χ1v) is 11.5. The molecular formula is C24H26F6N4O3. The second kappa shape index (κ2) is 10.9. The maximum absolute atomic E-state index is 13.0. The number of carboxylic acids is 1. The molecule has 0 saturated carbocycles. The van der Waals surface area contributed by atoms with Crippen molar-refractivity contribution >= 4 is 17.7 Å². The summed E-state index contributed by atoms with van der Waals surface area (Å²) in [6.07, 6.45) is -4.92. The van der Waals surface area contributed by atoms with E-state index in [1.54, 1.807) is 0 Å². The molecule has 0 bridgehead atoms. The molecule has 13 heteroatoms. The van der Waals surface area contributed by atoms with Crippen molar-refractivity contribution in [3.05, 3.63) is 53.5 Å². The molecule has 1 amide bonds. The Labute approximate surface area is 209 Å². The zero-order valence-corrected chi connectivity index (χ0v) is 19.9. The number of carbonyl (C=O) groups is 2. The minimum atomic E-state index is -5.08. The van der Waals surface area contributed by atoms with E-state index in [0.717, 1.165) is 43.6 Å². The van der Waals surface area contributed by atoms with Crippen LogP contribution in [0.25, 0.3) is 0 Å². The van der Waals surface area contributed by atoms with Crippen LogP contribution < -0.4 is 4.90 Å². The number of hydrogen-bond donors (Lipinski definition) is 1. The average molecular weight is 532 g/mol. The van der Waals surface area contributed by atoms with Crippen LogP contribution in [0.5, 0.6) is 0 Å². The molecule has 1 aromatic carbocycles. The van der Waals surface area contributed by atoms with Crippen LogP contribution in [0.15, 0.2) is 36.7 Å². The second-order valence-electron chi connectivity index (χ2n) is 9.09. The second-order valence-corrected chi connectivity index (χ2v) is 9.09. The lowest BCUT2D eigenvalue weighted by atomic mass is 9.87. The number of aryl methyl sites for hydroxylation is 1. The van der Waals surface area contributed by atoms with E-state index in [0.29, 0.717) is 31.9 Å². The zero-order valence-electron chi connectivity index (χ0n) is 19.9. The number of anilines is 1. The third-order valence-corrected chi connectivity index (χ3v) is 6.57. The van der Waals surface area contributed by atoms with Crippen LogP contribution in [-0.2, 0) is 22.3 Å². The molecule has 3 heterocycles. The van der Waals surface area contributed by atoms with Gasteiger partial charge in [-0.25, -0.2) is 14.8 Å². The summed E-state index contributed by atoms with van der Waals surface area (Å²) in [5, 5.41) is 7.12. The fourth-order valence-corrected chi connectivity index (χ4v) is 4.61. The number of carboxylic acid groups (broad SMARTS) is 1. The monoisotopic (exact) mass is 532 g/mol. The molecule has 1 atom stereocenters. The van der Waals surface area contributed by atoms with Gasteiger partial charge < -0.3 is 14.9 Å². The molecule has 7 nitrogen and oxygen atoms in total. The molecule has 0 aliphatic carbocycles. The highest BCUT2D eigenvalue weighted by Gasteiger charge is 2.46. The summed E-state index contributed by atoms with van der Waals surface area (Å²) < 4.78 is 70.8. The molecule has 1 unspecified atom stereocenters. The van der Waals surface area contributed by atoms with Gasteiger partial charge in [-0.1, -0.05) is 29.8 Å². The molecule has 4 rings (SSSR count). The Balaban J connectivity index is 0.000000479. The Hall–Kier alpha value is -3.38. The topological polar surface area (TPSA) is 86.6 Å². The molecule has 2 saturated heterocycles. The first-order valence-electron chi connectivity index (χ1n) is 11.5. The van der Waals surface area contributed by atoms with E-state index in [9.17, 15) is 31.1 Å². The number of halogens is 6. The molecule has 2 aromatic rings. The fourth-order valence-electron chi connectivity index (χ4n) is 4.61. The quantitative estimate of drug-likeness (QED) is 0.561. The van der Waals surface area contributed by atoms with Crippen LogP contribution in [0.4, 0.5) is 32.2 Å². The number of amides is 1. The average Bonchev–Trinajstić information content (AvgIpc) is 2.98. The number of hydrogen-bond acceptors (Lipinski definition) is 5. The maximum atomic E-state index is 13.0. The zero-order chi connectivity index (χ0) is 27.4. The van der Waals surface area contributed by atoms with Gasteiger partial charge in [0.15, 0.2) is 0 Å². The standard InChI is InChI=1S/C22H25F3N4O.C2HF3O2/c1-16-3-5-17(6-4-16)14-29-20(30)7-9-21(29)8-2-11-28(12-10-21)19-13-18(22(23,24)25)26-15-27-19;3-2(4,5)1(6)7/h3-6,13,15H,2,7-12,14H2,1H3;(H,6,7). The van der Waals surface area contributed by atoms with Gasteiger partial charge in [0.1, 0.15) is 17.8 Å². The molecule has 2 aliphatic heterocycles. The van der Waals surface area contributed by atoms with Crippen LogP contribution >= 0.6 is 0 Å². The van der Waals surface area contributed by atoms with Crippen LogP contribution in [0.3, 0.4) is 0 Å². The smallest absolute Gasteiger partial charge is 0.475 e. The first kappa shape index (κ1) is 28.2. The van der Waals surface area contributed by atoms with Crippen LogP contribution in [0.1, 0.15) is 48.9 Å². The number of alkyl halides is 6. The summed E-state index contributed by atoms with van der Waals surface area (Å²) in [4.78, 5) is 32.9. The normalized spacial score (nSPS) is 20.5. The Kier molecular flexibility index (Phi) is 8.33. The maximum Gasteiger partial charge on any atom is 0.490 e. The number of nitrogens with zero attached hydrogens (tertiary/aromatic N) is 4. The van der Waals surface area contributed by atoms with Crippen molar-refractivity contribution in [3.63, 3.8) is 0 Å². The van der Waals surface area contributed by atoms with E-state index < -0.39 is 24.0 Å². The van der Waals surface area contributed by atoms with E-state index in [4.69, 9.17) is 9.90 Å². The van der Waals surface area contributed by atoms with E-state index in [1.807, 2.05) is 28.9 Å². The third kappa shape index (κ3) is 7.10. The van der Waals surface area contributed by atoms with Crippen molar-refractivity contribution in [1.82, 2.24) is 14.9 Å². The van der Waals surface area contributed by atoms with E-state index in [1.165, 1.54) is 5.56 Å². The van der Waals surface area contributed by atoms with Gasteiger partial charge in [0.2, 0.25) is 5.91 Å². The van der Waals surface area contributed by atoms with Crippen molar-refractivity contribution in [2.45, 2.75) is 63.5 Å². The number of aromatic nitrogens is 2. The summed E-state index contributed by atoms with van der Waals surface area (Å²) in [5.41, 5.74) is 1.11. The molecule has 202 valence electrons. The highest BCUT2D eigenvalue weighted by atomic mass is 19.4. The number of carbonyl (C=O) groups excluding carboxylic acids is 1. The summed E-state index contributed by atoms with van der Waals surface area (Å²) >= 11 is 0. The molecule has 0 radical (unpaired) electrons. The van der Waals surface area contributed by atoms with Gasteiger partial charge in [-0.3, -0.25) is 4.79 Å². The number of rotatable bonds is 3. The van der Waals surface area contributed by atoms with Gasteiger partial charge in [-0.05, 0) is 38.2 Å². The number of likely N-dealkylation sites (tertiary alicyclic amines) is 1. The van der Waals surface area contributed by atoms with Crippen LogP contribution in [0.2, 0.25) is 0 Å². The van der Waals surface area contributed by atoms with Gasteiger partial charge in [0.25, 0.3) is 0 Å². The highest BCUT2D eigenvalue weighted by Crippen LogP contribution is 2.41. The van der Waals surface area contributed by atoms with Crippen molar-refractivity contribution in [2.24, 2.45) is 0 Å². The van der Waals surface area contributed by atoms with Gasteiger partial charge in [-0.2, -0.15) is 26.3 Å². The van der Waals surface area contributed by atoms with E-state index in [-0.39, 0.29) is 11.4 Å². The van der Waals surface area contributed by atoms with Gasteiger partial charge in [0, 0.05) is 37.7 Å². The Bertz CT molecular complexity index is 1110. The van der Waals surface area contributed by atoms with E-state index >= 15 is 0 Å². The first-order chi connectivity index (χ1) is 17.2. The predicted molar refractivity (Wildman–Crippen MR) is 120 cm³/mol. The molecule has 2 aliphatic rings. The van der Waals surface area contributed by atoms with Crippen LogP contribution in [-0.4, -0.2) is 56.7 Å². The molecule has 37 heavy (non-hydrogen) atoms. The number of aliphatic carboxylic acids is 1. The Morgan fingerprint density at radius 3 is 2.27 bits per heavy atom. The van der Waals surface area contributed by atoms with Gasteiger partial charge in [0.05, 0.1) is 0 Å². The van der Waals surface area contributed by atoms with E-state index in [2.05, 4.69) is 22.1 Å². The Morgan fingerprint density at radius 1 is 1.03 bits per heavy atom. The lowest BCUT2D eigenvalue weighted by Crippen LogP contribution is -2.46. The SMILES string of the molecule is Cc1ccc(CN2C(=O)CCC23CCCN(c2cc(C(F)(F)F)ncn2)CC3)cc1.O=C(O)C(F)(F)F.